The fourth-order valence-corrected chi connectivity index (χ4v) is 5.43. The lowest BCUT2D eigenvalue weighted by atomic mass is 9.99. The summed E-state index contributed by atoms with van der Waals surface area (Å²) in [4.78, 5) is 14.5. The van der Waals surface area contributed by atoms with E-state index in [0.29, 0.717) is 38.4 Å². The van der Waals surface area contributed by atoms with Gasteiger partial charge in [-0.3, -0.25) is 4.79 Å². The second-order valence-electron chi connectivity index (χ2n) is 8.29. The number of nitrogens with one attached hydrogen (secondary N) is 2. The lowest BCUT2D eigenvalue weighted by Crippen LogP contribution is -3.13. The summed E-state index contributed by atoms with van der Waals surface area (Å²) in [7, 11) is -3.61. The van der Waals surface area contributed by atoms with Gasteiger partial charge in [0.25, 0.3) is 5.91 Å². The molecule has 0 spiro atoms. The van der Waals surface area contributed by atoms with Crippen molar-refractivity contribution in [2.75, 3.05) is 52.5 Å². The average Bonchev–Trinajstić information content (AvgIpc) is 2.73. The molecule has 7 nitrogen and oxygen atoms in total. The maximum atomic E-state index is 12.9. The van der Waals surface area contributed by atoms with Gasteiger partial charge in [0.2, 0.25) is 10.0 Å². The highest BCUT2D eigenvalue weighted by molar-refractivity contribution is 7.89. The summed E-state index contributed by atoms with van der Waals surface area (Å²) in [6.45, 7) is 9.74. The summed E-state index contributed by atoms with van der Waals surface area (Å²) in [5, 5.41) is 2.97. The van der Waals surface area contributed by atoms with Crippen LogP contribution in [0.1, 0.15) is 42.1 Å². The van der Waals surface area contributed by atoms with E-state index in [1.807, 2.05) is 6.92 Å². The van der Waals surface area contributed by atoms with Gasteiger partial charge in [-0.2, -0.15) is 4.31 Å². The summed E-state index contributed by atoms with van der Waals surface area (Å²) in [6, 6.07) is 4.80. The topological polar surface area (TPSA) is 80.1 Å². The van der Waals surface area contributed by atoms with Crippen molar-refractivity contribution in [3.8, 4) is 0 Å². The molecule has 0 bridgehead atoms. The molecule has 3 rings (SSSR count). The minimum absolute atomic E-state index is 0.169. The number of quaternary nitrogens is 1. The number of rotatable bonds is 7. The van der Waals surface area contributed by atoms with Crippen LogP contribution in [0.4, 0.5) is 0 Å². The third-order valence-corrected chi connectivity index (χ3v) is 7.93. The first-order valence-corrected chi connectivity index (χ1v) is 12.1. The maximum Gasteiger partial charge on any atom is 0.251 e. The normalized spacial score (nSPS) is 23.7. The molecule has 8 heteroatoms. The van der Waals surface area contributed by atoms with E-state index < -0.39 is 10.0 Å². The molecule has 2 fully saturated rings. The summed E-state index contributed by atoms with van der Waals surface area (Å²) >= 11 is 0. The number of piperidine rings is 1. The zero-order valence-electron chi connectivity index (χ0n) is 17.6. The first-order chi connectivity index (χ1) is 13.9. The monoisotopic (exact) mass is 424 g/mol. The van der Waals surface area contributed by atoms with Crippen LogP contribution in [-0.2, 0) is 14.8 Å². The Bertz CT molecular complexity index is 798. The van der Waals surface area contributed by atoms with Crippen LogP contribution in [0, 0.1) is 12.8 Å². The molecule has 2 saturated heterocycles. The van der Waals surface area contributed by atoms with Crippen LogP contribution >= 0.6 is 0 Å². The van der Waals surface area contributed by atoms with Gasteiger partial charge in [-0.05, 0) is 43.4 Å². The molecule has 2 aliphatic heterocycles. The Balaban J connectivity index is 1.56. The Morgan fingerprint density at radius 2 is 1.93 bits per heavy atom. The van der Waals surface area contributed by atoms with Crippen molar-refractivity contribution in [3.05, 3.63) is 29.3 Å². The van der Waals surface area contributed by atoms with Gasteiger partial charge in [-0.25, -0.2) is 8.42 Å². The van der Waals surface area contributed by atoms with E-state index in [-0.39, 0.29) is 10.8 Å². The van der Waals surface area contributed by atoms with Crippen LogP contribution in [0.2, 0.25) is 0 Å². The first-order valence-electron chi connectivity index (χ1n) is 10.7. The van der Waals surface area contributed by atoms with Crippen molar-refractivity contribution >= 4 is 15.9 Å². The highest BCUT2D eigenvalue weighted by atomic mass is 32.2. The quantitative estimate of drug-likeness (QED) is 0.623. The molecule has 0 radical (unpaired) electrons. The van der Waals surface area contributed by atoms with Crippen molar-refractivity contribution < 1.29 is 22.8 Å². The van der Waals surface area contributed by atoms with Gasteiger partial charge in [0, 0.05) is 31.6 Å². The average molecular weight is 425 g/mol. The van der Waals surface area contributed by atoms with Crippen LogP contribution in [0.25, 0.3) is 0 Å². The van der Waals surface area contributed by atoms with E-state index >= 15 is 0 Å². The predicted molar refractivity (Wildman–Crippen MR) is 112 cm³/mol. The molecular formula is C21H34N3O4S+. The molecule has 1 amide bonds. The highest BCUT2D eigenvalue weighted by Crippen LogP contribution is 2.20. The van der Waals surface area contributed by atoms with Crippen LogP contribution in [0.15, 0.2) is 23.1 Å². The predicted octanol–water partition coefficient (Wildman–Crippen LogP) is 0.451. The van der Waals surface area contributed by atoms with Crippen molar-refractivity contribution in [1.82, 2.24) is 9.62 Å². The fourth-order valence-electron chi connectivity index (χ4n) is 4.00. The fraction of sp³-hybridized carbons (Fsp3) is 0.667. The molecule has 2 aliphatic rings. The number of carbonyl (C=O) groups excluding carboxylic acids is 1. The summed E-state index contributed by atoms with van der Waals surface area (Å²) in [6.07, 6.45) is 3.50. The second-order valence-corrected chi connectivity index (χ2v) is 10.2. The Hall–Kier alpha value is -1.48. The van der Waals surface area contributed by atoms with Gasteiger partial charge in [-0.1, -0.05) is 13.0 Å². The maximum absolute atomic E-state index is 12.9. The van der Waals surface area contributed by atoms with Crippen LogP contribution in [0.3, 0.4) is 0 Å². The summed E-state index contributed by atoms with van der Waals surface area (Å²) in [5.74, 6) is 0.631. The van der Waals surface area contributed by atoms with E-state index in [0.717, 1.165) is 24.4 Å². The number of amides is 1. The van der Waals surface area contributed by atoms with Crippen LogP contribution in [-0.4, -0.2) is 71.1 Å². The molecule has 1 aromatic rings. The lowest BCUT2D eigenvalue weighted by Gasteiger charge is -2.27. The van der Waals surface area contributed by atoms with Crippen molar-refractivity contribution in [1.29, 1.82) is 0 Å². The van der Waals surface area contributed by atoms with Gasteiger partial charge in [0.1, 0.15) is 0 Å². The van der Waals surface area contributed by atoms with E-state index in [2.05, 4.69) is 12.2 Å². The molecule has 162 valence electrons. The van der Waals surface area contributed by atoms with E-state index in [1.165, 1.54) is 36.3 Å². The molecule has 0 saturated carbocycles. The number of ether oxygens (including phenoxy) is 1. The van der Waals surface area contributed by atoms with E-state index in [1.54, 1.807) is 17.0 Å². The molecule has 0 atom stereocenters. The van der Waals surface area contributed by atoms with Crippen molar-refractivity contribution in [2.24, 2.45) is 5.92 Å². The number of sulfonamides is 1. The number of aryl methyl sites for hydroxylation is 1. The molecule has 29 heavy (non-hydrogen) atoms. The zero-order chi connectivity index (χ0) is 20.9. The van der Waals surface area contributed by atoms with Crippen LogP contribution < -0.4 is 10.2 Å². The van der Waals surface area contributed by atoms with Gasteiger partial charge in [-0.15, -0.1) is 0 Å². The van der Waals surface area contributed by atoms with Gasteiger partial charge in [0.05, 0.1) is 37.7 Å². The minimum Gasteiger partial charge on any atom is -0.379 e. The summed E-state index contributed by atoms with van der Waals surface area (Å²) in [5.41, 5.74) is 1.21. The number of morpholine rings is 1. The smallest absolute Gasteiger partial charge is 0.251 e. The molecule has 2 heterocycles. The molecular weight excluding hydrogens is 390 g/mol. The number of hydrogen-bond acceptors (Lipinski definition) is 4. The third kappa shape index (κ3) is 5.78. The number of nitrogens with zero attached hydrogens (tertiary/aromatic N) is 1. The molecule has 1 aromatic carbocycles. The lowest BCUT2D eigenvalue weighted by molar-refractivity contribution is -0.906. The minimum atomic E-state index is -3.61. The Morgan fingerprint density at radius 3 is 2.62 bits per heavy atom. The Kier molecular flexibility index (Phi) is 7.67. The van der Waals surface area contributed by atoms with Crippen LogP contribution in [0.5, 0.6) is 0 Å². The van der Waals surface area contributed by atoms with Crippen molar-refractivity contribution in [2.45, 2.75) is 38.0 Å². The number of carbonyl (C=O) groups is 1. The number of likely N-dealkylation sites (tertiary alicyclic amines) is 1. The van der Waals surface area contributed by atoms with Gasteiger partial charge >= 0.3 is 0 Å². The third-order valence-electron chi connectivity index (χ3n) is 6.04. The molecule has 2 N–H and O–H groups in total. The summed E-state index contributed by atoms with van der Waals surface area (Å²) < 4.78 is 32.4. The van der Waals surface area contributed by atoms with Gasteiger partial charge < -0.3 is 15.0 Å². The largest absolute Gasteiger partial charge is 0.379 e. The molecule has 0 unspecified atom stereocenters. The van der Waals surface area contributed by atoms with E-state index in [9.17, 15) is 13.2 Å². The standard InChI is InChI=1S/C21H33N3O4S/c1-17-6-10-23(11-7-17)9-3-8-22-21(25)20-16-19(5-4-18(20)2)29(26,27)24-12-14-28-15-13-24/h4-5,16-17H,3,6-15H2,1-2H3,(H,22,25)/p+1. The van der Waals surface area contributed by atoms with Gasteiger partial charge in [0.15, 0.2) is 0 Å². The SMILES string of the molecule is Cc1ccc(S(=O)(=O)N2CCOCC2)cc1C(=O)NCCC[NH+]1CCC(C)CC1. The number of benzene rings is 1. The second kappa shape index (κ2) is 10.0. The molecule has 0 aliphatic carbocycles. The van der Waals surface area contributed by atoms with Crippen molar-refractivity contribution in [3.63, 3.8) is 0 Å². The highest BCUT2D eigenvalue weighted by Gasteiger charge is 2.27. The van der Waals surface area contributed by atoms with E-state index in [4.69, 9.17) is 4.74 Å². The Morgan fingerprint density at radius 1 is 1.24 bits per heavy atom. The first kappa shape index (κ1) is 22.2. The Labute approximate surface area is 174 Å². The zero-order valence-corrected chi connectivity index (χ0v) is 18.4. The molecule has 0 aromatic heterocycles. The number of hydrogen-bond donors (Lipinski definition) is 2.